The van der Waals surface area contributed by atoms with Crippen LogP contribution in [0.4, 0.5) is 6.01 Å². The van der Waals surface area contributed by atoms with E-state index >= 15 is 0 Å². The highest BCUT2D eigenvalue weighted by atomic mass is 16.5. The average molecular weight is 398 g/mol. The van der Waals surface area contributed by atoms with E-state index in [-0.39, 0.29) is 11.9 Å². The van der Waals surface area contributed by atoms with Crippen molar-refractivity contribution in [2.24, 2.45) is 0 Å². The summed E-state index contributed by atoms with van der Waals surface area (Å²) in [5, 5.41) is 10.3. The fraction of sp³-hybridized carbons (Fsp3) is 0.300. The SMILES string of the molecule is CCOc1cc(C(=O)Nc2nnc(-c3ccccn3)o2)cc(OCC)c1OCC. The second-order valence-electron chi connectivity index (χ2n) is 5.68. The molecule has 0 fully saturated rings. The minimum Gasteiger partial charge on any atom is -0.490 e. The Balaban J connectivity index is 1.85. The molecule has 0 aliphatic carbocycles. The minimum atomic E-state index is -0.453. The van der Waals surface area contributed by atoms with Gasteiger partial charge in [-0.3, -0.25) is 15.1 Å². The summed E-state index contributed by atoms with van der Waals surface area (Å²) in [6, 6.07) is 8.44. The number of rotatable bonds is 9. The first-order chi connectivity index (χ1) is 14.2. The van der Waals surface area contributed by atoms with Gasteiger partial charge in [0.1, 0.15) is 5.69 Å². The molecule has 0 aliphatic heterocycles. The lowest BCUT2D eigenvalue weighted by Gasteiger charge is -2.16. The van der Waals surface area contributed by atoms with E-state index in [0.717, 1.165) is 0 Å². The van der Waals surface area contributed by atoms with Gasteiger partial charge in [0.25, 0.3) is 11.8 Å². The maximum Gasteiger partial charge on any atom is 0.322 e. The second-order valence-corrected chi connectivity index (χ2v) is 5.68. The highest BCUT2D eigenvalue weighted by Gasteiger charge is 2.20. The molecule has 3 rings (SSSR count). The van der Waals surface area contributed by atoms with Crippen LogP contribution in [-0.2, 0) is 0 Å². The number of hydrogen-bond donors (Lipinski definition) is 1. The average Bonchev–Trinajstić information content (AvgIpc) is 3.19. The number of ether oxygens (including phenoxy) is 3. The molecule has 2 heterocycles. The van der Waals surface area contributed by atoms with Crippen molar-refractivity contribution in [2.75, 3.05) is 25.1 Å². The van der Waals surface area contributed by atoms with Crippen LogP contribution in [0.15, 0.2) is 40.9 Å². The van der Waals surface area contributed by atoms with Gasteiger partial charge in [-0.1, -0.05) is 11.2 Å². The molecular formula is C20H22N4O5. The van der Waals surface area contributed by atoms with Gasteiger partial charge < -0.3 is 18.6 Å². The van der Waals surface area contributed by atoms with Crippen LogP contribution < -0.4 is 19.5 Å². The number of nitrogens with zero attached hydrogens (tertiary/aromatic N) is 3. The van der Waals surface area contributed by atoms with E-state index < -0.39 is 5.91 Å². The molecule has 0 radical (unpaired) electrons. The number of aromatic nitrogens is 3. The molecule has 29 heavy (non-hydrogen) atoms. The number of carbonyl (C=O) groups excluding carboxylic acids is 1. The largest absolute Gasteiger partial charge is 0.490 e. The van der Waals surface area contributed by atoms with Crippen molar-refractivity contribution in [3.05, 3.63) is 42.1 Å². The molecule has 0 atom stereocenters. The third kappa shape index (κ3) is 4.81. The first-order valence-electron chi connectivity index (χ1n) is 9.28. The summed E-state index contributed by atoms with van der Waals surface area (Å²) >= 11 is 0. The third-order valence-electron chi connectivity index (χ3n) is 3.70. The second kappa shape index (κ2) is 9.54. The Bertz CT molecular complexity index is 932. The van der Waals surface area contributed by atoms with Gasteiger partial charge in [0.15, 0.2) is 11.5 Å². The van der Waals surface area contributed by atoms with Crippen LogP contribution in [0.2, 0.25) is 0 Å². The zero-order chi connectivity index (χ0) is 20.6. The Morgan fingerprint density at radius 1 is 1.00 bits per heavy atom. The summed E-state index contributed by atoms with van der Waals surface area (Å²) in [4.78, 5) is 16.9. The van der Waals surface area contributed by atoms with Gasteiger partial charge in [0.2, 0.25) is 5.75 Å². The van der Waals surface area contributed by atoms with Crippen LogP contribution in [0.1, 0.15) is 31.1 Å². The van der Waals surface area contributed by atoms with Crippen molar-refractivity contribution >= 4 is 11.9 Å². The smallest absolute Gasteiger partial charge is 0.322 e. The van der Waals surface area contributed by atoms with E-state index in [4.69, 9.17) is 18.6 Å². The maximum absolute atomic E-state index is 12.7. The number of pyridine rings is 1. The minimum absolute atomic E-state index is 0.0412. The van der Waals surface area contributed by atoms with Gasteiger partial charge in [-0.25, -0.2) is 0 Å². The molecule has 0 bridgehead atoms. The number of hydrogen-bond acceptors (Lipinski definition) is 8. The molecule has 1 aromatic carbocycles. The number of benzene rings is 1. The normalized spacial score (nSPS) is 10.4. The van der Waals surface area contributed by atoms with Gasteiger partial charge in [-0.15, -0.1) is 5.10 Å². The molecule has 0 saturated carbocycles. The predicted molar refractivity (Wildman–Crippen MR) is 105 cm³/mol. The lowest BCUT2D eigenvalue weighted by Crippen LogP contribution is -2.13. The number of amides is 1. The van der Waals surface area contributed by atoms with Gasteiger partial charge in [-0.2, -0.15) is 0 Å². The quantitative estimate of drug-likeness (QED) is 0.583. The molecule has 0 saturated heterocycles. The van der Waals surface area contributed by atoms with Crippen LogP contribution in [0.3, 0.4) is 0 Å². The van der Waals surface area contributed by atoms with E-state index in [1.54, 1.807) is 36.5 Å². The van der Waals surface area contributed by atoms with Crippen LogP contribution in [0, 0.1) is 0 Å². The Hall–Kier alpha value is -3.62. The molecular weight excluding hydrogens is 376 g/mol. The zero-order valence-electron chi connectivity index (χ0n) is 16.5. The van der Waals surface area contributed by atoms with E-state index in [1.807, 2.05) is 20.8 Å². The van der Waals surface area contributed by atoms with Gasteiger partial charge in [0.05, 0.1) is 19.8 Å². The van der Waals surface area contributed by atoms with Crippen molar-refractivity contribution in [2.45, 2.75) is 20.8 Å². The maximum atomic E-state index is 12.7. The Kier molecular flexibility index (Phi) is 6.62. The fourth-order valence-electron chi connectivity index (χ4n) is 2.56. The molecule has 9 nitrogen and oxygen atoms in total. The molecule has 0 spiro atoms. The molecule has 2 aromatic heterocycles. The summed E-state index contributed by atoms with van der Waals surface area (Å²) in [7, 11) is 0. The molecule has 0 aliphatic rings. The van der Waals surface area contributed by atoms with E-state index in [2.05, 4.69) is 20.5 Å². The fourth-order valence-corrected chi connectivity index (χ4v) is 2.56. The van der Waals surface area contributed by atoms with Gasteiger partial charge >= 0.3 is 6.01 Å². The Morgan fingerprint density at radius 2 is 1.69 bits per heavy atom. The molecule has 152 valence electrons. The topological polar surface area (TPSA) is 109 Å². The first kappa shape index (κ1) is 20.1. The lowest BCUT2D eigenvalue weighted by atomic mass is 10.1. The molecule has 3 aromatic rings. The summed E-state index contributed by atoms with van der Waals surface area (Å²) < 4.78 is 22.4. The first-order valence-corrected chi connectivity index (χ1v) is 9.28. The third-order valence-corrected chi connectivity index (χ3v) is 3.70. The molecule has 1 N–H and O–H groups in total. The molecule has 9 heteroatoms. The van der Waals surface area contributed by atoms with Crippen molar-refractivity contribution < 1.29 is 23.4 Å². The van der Waals surface area contributed by atoms with Gasteiger partial charge in [-0.05, 0) is 45.0 Å². The molecule has 0 unspecified atom stereocenters. The Morgan fingerprint density at radius 3 is 2.28 bits per heavy atom. The van der Waals surface area contributed by atoms with Crippen molar-refractivity contribution in [3.8, 4) is 28.8 Å². The lowest BCUT2D eigenvalue weighted by molar-refractivity contribution is 0.102. The van der Waals surface area contributed by atoms with Gasteiger partial charge in [0, 0.05) is 11.8 Å². The monoisotopic (exact) mass is 398 g/mol. The van der Waals surface area contributed by atoms with Crippen LogP contribution >= 0.6 is 0 Å². The number of carbonyl (C=O) groups is 1. The summed E-state index contributed by atoms with van der Waals surface area (Å²) in [5.74, 6) is 1.06. The van der Waals surface area contributed by atoms with E-state index in [0.29, 0.717) is 48.3 Å². The van der Waals surface area contributed by atoms with E-state index in [9.17, 15) is 4.79 Å². The van der Waals surface area contributed by atoms with Crippen LogP contribution in [-0.4, -0.2) is 40.9 Å². The number of nitrogens with one attached hydrogen (secondary N) is 1. The highest BCUT2D eigenvalue weighted by molar-refractivity contribution is 6.04. The van der Waals surface area contributed by atoms with Crippen LogP contribution in [0.5, 0.6) is 17.2 Å². The summed E-state index contributed by atoms with van der Waals surface area (Å²) in [6.45, 7) is 6.81. The summed E-state index contributed by atoms with van der Waals surface area (Å²) in [5.41, 5.74) is 0.816. The molecule has 1 amide bonds. The van der Waals surface area contributed by atoms with Crippen molar-refractivity contribution in [1.82, 2.24) is 15.2 Å². The van der Waals surface area contributed by atoms with E-state index in [1.165, 1.54) is 0 Å². The van der Waals surface area contributed by atoms with Crippen LogP contribution in [0.25, 0.3) is 11.6 Å². The number of anilines is 1. The zero-order valence-corrected chi connectivity index (χ0v) is 16.5. The standard InChI is InChI=1S/C20H22N4O5/c1-4-26-15-11-13(12-16(27-5-2)17(15)28-6-3)18(25)22-20-24-23-19(29-20)14-9-7-8-10-21-14/h7-12H,4-6H2,1-3H3,(H,22,24,25). The highest BCUT2D eigenvalue weighted by Crippen LogP contribution is 2.39. The Labute approximate surface area is 168 Å². The van der Waals surface area contributed by atoms with Crippen molar-refractivity contribution in [3.63, 3.8) is 0 Å². The summed E-state index contributed by atoms with van der Waals surface area (Å²) in [6.07, 6.45) is 1.61. The van der Waals surface area contributed by atoms with Crippen molar-refractivity contribution in [1.29, 1.82) is 0 Å². The predicted octanol–water partition coefficient (Wildman–Crippen LogP) is 3.58.